The van der Waals surface area contributed by atoms with Gasteiger partial charge in [0, 0.05) is 13.6 Å². The first-order chi connectivity index (χ1) is 13.5. The van der Waals surface area contributed by atoms with Crippen molar-refractivity contribution in [2.24, 2.45) is 7.05 Å². The molecule has 0 saturated heterocycles. The van der Waals surface area contributed by atoms with Crippen LogP contribution in [0, 0.1) is 6.92 Å². The summed E-state index contributed by atoms with van der Waals surface area (Å²) in [6.45, 7) is 4.37. The average Bonchev–Trinajstić information content (AvgIpc) is 3.40. The third-order valence-electron chi connectivity index (χ3n) is 4.49. The molecule has 3 aromatic rings. The number of carbonyl (C=O) groups excluding carboxylic acids is 1. The van der Waals surface area contributed by atoms with Crippen molar-refractivity contribution < 1.29 is 18.7 Å². The molecule has 146 valence electrons. The number of hydrogen-bond acceptors (Lipinski definition) is 7. The van der Waals surface area contributed by atoms with Gasteiger partial charge >= 0.3 is 0 Å². The first-order valence-corrected chi connectivity index (χ1v) is 9.67. The van der Waals surface area contributed by atoms with Crippen molar-refractivity contribution in [3.05, 3.63) is 41.9 Å². The van der Waals surface area contributed by atoms with E-state index in [2.05, 4.69) is 15.5 Å². The Hall–Kier alpha value is -2.94. The van der Waals surface area contributed by atoms with Gasteiger partial charge in [-0.25, -0.2) is 0 Å². The van der Waals surface area contributed by atoms with Crippen molar-refractivity contribution in [1.29, 1.82) is 0 Å². The molecule has 9 heteroatoms. The second-order valence-electron chi connectivity index (χ2n) is 6.42. The van der Waals surface area contributed by atoms with Gasteiger partial charge in [-0.3, -0.25) is 4.79 Å². The predicted octanol–water partition coefficient (Wildman–Crippen LogP) is 2.91. The van der Waals surface area contributed by atoms with E-state index in [0.29, 0.717) is 23.3 Å². The predicted molar refractivity (Wildman–Crippen MR) is 103 cm³/mol. The van der Waals surface area contributed by atoms with Crippen molar-refractivity contribution in [3.8, 4) is 22.9 Å². The van der Waals surface area contributed by atoms with Gasteiger partial charge in [-0.2, -0.15) is 0 Å². The number of furan rings is 1. The number of aromatic nitrogens is 3. The molecule has 2 aromatic heterocycles. The largest absolute Gasteiger partial charge is 0.469 e. The average molecular weight is 400 g/mol. The van der Waals surface area contributed by atoms with Crippen LogP contribution in [0.5, 0.6) is 11.5 Å². The molecule has 0 saturated carbocycles. The molecule has 0 radical (unpaired) electrons. The zero-order chi connectivity index (χ0) is 19.7. The van der Waals surface area contributed by atoms with Gasteiger partial charge in [0.1, 0.15) is 5.76 Å². The van der Waals surface area contributed by atoms with Crippen molar-refractivity contribution >= 4 is 17.7 Å². The van der Waals surface area contributed by atoms with Crippen molar-refractivity contribution in [1.82, 2.24) is 20.1 Å². The lowest BCUT2D eigenvalue weighted by Crippen LogP contribution is -2.30. The van der Waals surface area contributed by atoms with Crippen LogP contribution in [0.3, 0.4) is 0 Å². The second-order valence-corrected chi connectivity index (χ2v) is 7.73. The zero-order valence-electron chi connectivity index (χ0n) is 15.8. The summed E-state index contributed by atoms with van der Waals surface area (Å²) in [6, 6.07) is 7.49. The molecule has 0 spiro atoms. The van der Waals surface area contributed by atoms with Crippen LogP contribution in [0.25, 0.3) is 11.4 Å². The molecular formula is C19H20N4O4S. The molecule has 1 N–H and O–H groups in total. The third-order valence-corrected chi connectivity index (χ3v) is 5.62. The van der Waals surface area contributed by atoms with Crippen molar-refractivity contribution in [2.45, 2.75) is 30.8 Å². The van der Waals surface area contributed by atoms with E-state index in [1.165, 1.54) is 11.8 Å². The molecule has 0 fully saturated rings. The summed E-state index contributed by atoms with van der Waals surface area (Å²) >= 11 is 1.36. The van der Waals surface area contributed by atoms with E-state index in [9.17, 15) is 4.79 Å². The third kappa shape index (κ3) is 3.57. The van der Waals surface area contributed by atoms with E-state index < -0.39 is 0 Å². The Labute approximate surface area is 166 Å². The van der Waals surface area contributed by atoms with Gasteiger partial charge in [0.25, 0.3) is 0 Å². The number of benzene rings is 1. The molecule has 0 aliphatic carbocycles. The maximum absolute atomic E-state index is 12.5. The quantitative estimate of drug-likeness (QED) is 0.636. The van der Waals surface area contributed by atoms with E-state index in [4.69, 9.17) is 13.9 Å². The Bertz CT molecular complexity index is 1010. The van der Waals surface area contributed by atoms with Gasteiger partial charge in [-0.15, -0.1) is 10.2 Å². The van der Waals surface area contributed by atoms with Crippen LogP contribution in [-0.4, -0.2) is 32.7 Å². The highest BCUT2D eigenvalue weighted by atomic mass is 32.2. The van der Waals surface area contributed by atoms with Gasteiger partial charge in [0.15, 0.2) is 22.5 Å². The number of aryl methyl sites for hydroxylation is 1. The Kier molecular flexibility index (Phi) is 4.99. The fourth-order valence-corrected chi connectivity index (χ4v) is 3.70. The van der Waals surface area contributed by atoms with Crippen LogP contribution in [0.2, 0.25) is 0 Å². The van der Waals surface area contributed by atoms with E-state index in [-0.39, 0.29) is 18.0 Å². The standard InChI is InChI=1S/C19H20N4O4S/c1-11-14(6-7-25-11)17-21-22-19(23(17)3)28-12(2)18(24)20-9-13-4-5-15-16(8-13)27-10-26-15/h4-8,12H,9-10H2,1-3H3,(H,20,24)/t12-/m1/s1. The molecule has 3 heterocycles. The molecule has 8 nitrogen and oxygen atoms in total. The fourth-order valence-electron chi connectivity index (χ4n) is 2.86. The fraction of sp³-hybridized carbons (Fsp3) is 0.316. The number of rotatable bonds is 6. The Morgan fingerprint density at radius 3 is 2.89 bits per heavy atom. The van der Waals surface area contributed by atoms with Crippen LogP contribution in [0.15, 0.2) is 40.1 Å². The summed E-state index contributed by atoms with van der Waals surface area (Å²) in [4.78, 5) is 12.5. The smallest absolute Gasteiger partial charge is 0.233 e. The second kappa shape index (κ2) is 7.59. The highest BCUT2D eigenvalue weighted by molar-refractivity contribution is 8.00. The number of nitrogens with zero attached hydrogens (tertiary/aromatic N) is 3. The number of amides is 1. The number of fused-ring (bicyclic) bond motifs is 1. The van der Waals surface area contributed by atoms with E-state index >= 15 is 0 Å². The maximum atomic E-state index is 12.5. The van der Waals surface area contributed by atoms with Crippen LogP contribution in [0.4, 0.5) is 0 Å². The van der Waals surface area contributed by atoms with Gasteiger partial charge in [0.05, 0.1) is 17.1 Å². The molecule has 1 amide bonds. The SMILES string of the molecule is Cc1occc1-c1nnc(S[C@H](C)C(=O)NCc2ccc3c(c2)OCO3)n1C. The summed E-state index contributed by atoms with van der Waals surface area (Å²) in [5.74, 6) is 2.84. The van der Waals surface area contributed by atoms with Gasteiger partial charge in [-0.05, 0) is 37.6 Å². The van der Waals surface area contributed by atoms with Gasteiger partial charge < -0.3 is 23.8 Å². The molecule has 0 unspecified atom stereocenters. The molecule has 4 rings (SSSR count). The number of thioether (sulfide) groups is 1. The minimum atomic E-state index is -0.324. The number of hydrogen-bond donors (Lipinski definition) is 1. The van der Waals surface area contributed by atoms with Crippen LogP contribution in [0.1, 0.15) is 18.2 Å². The first-order valence-electron chi connectivity index (χ1n) is 8.79. The van der Waals surface area contributed by atoms with Crippen LogP contribution < -0.4 is 14.8 Å². The molecule has 0 bridgehead atoms. The molecule has 1 aliphatic heterocycles. The summed E-state index contributed by atoms with van der Waals surface area (Å²) in [5, 5.41) is 11.7. The first kappa shape index (κ1) is 18.4. The Morgan fingerprint density at radius 1 is 1.29 bits per heavy atom. The normalized spacial score (nSPS) is 13.5. The summed E-state index contributed by atoms with van der Waals surface area (Å²) in [7, 11) is 1.88. The molecule has 1 aliphatic rings. The highest BCUT2D eigenvalue weighted by Gasteiger charge is 2.21. The van der Waals surface area contributed by atoms with Crippen LogP contribution >= 0.6 is 11.8 Å². The van der Waals surface area contributed by atoms with Crippen molar-refractivity contribution in [2.75, 3.05) is 6.79 Å². The minimum Gasteiger partial charge on any atom is -0.469 e. The molecule has 1 atom stereocenters. The van der Waals surface area contributed by atoms with Gasteiger partial charge in [-0.1, -0.05) is 17.8 Å². The topological polar surface area (TPSA) is 91.4 Å². The highest BCUT2D eigenvalue weighted by Crippen LogP contribution is 2.32. The van der Waals surface area contributed by atoms with E-state index in [1.807, 2.05) is 49.7 Å². The van der Waals surface area contributed by atoms with Gasteiger partial charge in [0.2, 0.25) is 12.7 Å². The lowest BCUT2D eigenvalue weighted by atomic mass is 10.2. The van der Waals surface area contributed by atoms with Crippen molar-refractivity contribution in [3.63, 3.8) is 0 Å². The van der Waals surface area contributed by atoms with E-state index in [0.717, 1.165) is 22.6 Å². The molecular weight excluding hydrogens is 380 g/mol. The Balaban J connectivity index is 1.37. The number of nitrogens with one attached hydrogen (secondary N) is 1. The zero-order valence-corrected chi connectivity index (χ0v) is 16.6. The number of carbonyl (C=O) groups is 1. The minimum absolute atomic E-state index is 0.0771. The summed E-state index contributed by atoms with van der Waals surface area (Å²) < 4.78 is 17.9. The number of ether oxygens (including phenoxy) is 2. The lowest BCUT2D eigenvalue weighted by Gasteiger charge is -2.12. The lowest BCUT2D eigenvalue weighted by molar-refractivity contribution is -0.120. The Morgan fingerprint density at radius 2 is 2.11 bits per heavy atom. The summed E-state index contributed by atoms with van der Waals surface area (Å²) in [5.41, 5.74) is 1.84. The van der Waals surface area contributed by atoms with Crippen LogP contribution in [-0.2, 0) is 18.4 Å². The van der Waals surface area contributed by atoms with E-state index in [1.54, 1.807) is 6.26 Å². The monoisotopic (exact) mass is 400 g/mol. The molecule has 28 heavy (non-hydrogen) atoms. The molecule has 1 aromatic carbocycles. The summed E-state index contributed by atoms with van der Waals surface area (Å²) in [6.07, 6.45) is 1.62. The maximum Gasteiger partial charge on any atom is 0.233 e.